The van der Waals surface area contributed by atoms with Gasteiger partial charge in [-0.1, -0.05) is 13.0 Å². The Morgan fingerprint density at radius 3 is 2.78 bits per heavy atom. The van der Waals surface area contributed by atoms with Crippen LogP contribution in [-0.4, -0.2) is 9.55 Å². The molecule has 0 amide bonds. The Bertz CT molecular complexity index is 537. The molecule has 1 unspecified atom stereocenters. The van der Waals surface area contributed by atoms with E-state index < -0.39 is 11.6 Å². The molecule has 0 saturated carbocycles. The van der Waals surface area contributed by atoms with Gasteiger partial charge in [-0.05, 0) is 17.7 Å². The van der Waals surface area contributed by atoms with Crippen molar-refractivity contribution in [1.82, 2.24) is 9.55 Å². The van der Waals surface area contributed by atoms with E-state index >= 15 is 0 Å². The average Bonchev–Trinajstić information content (AvgIpc) is 2.79. The number of rotatable bonds is 4. The second-order valence-electron chi connectivity index (χ2n) is 4.13. The predicted molar refractivity (Wildman–Crippen MR) is 64.9 cm³/mol. The van der Waals surface area contributed by atoms with Crippen LogP contribution in [0.2, 0.25) is 0 Å². The molecule has 2 aromatic rings. The molecule has 3 nitrogen and oxygen atoms in total. The van der Waals surface area contributed by atoms with Crippen molar-refractivity contribution in [3.63, 3.8) is 0 Å². The summed E-state index contributed by atoms with van der Waals surface area (Å²) in [6.07, 6.45) is 4.34. The van der Waals surface area contributed by atoms with E-state index in [1.165, 1.54) is 6.07 Å². The van der Waals surface area contributed by atoms with Gasteiger partial charge in [0.15, 0.2) is 11.6 Å². The monoisotopic (exact) mass is 251 g/mol. The third kappa shape index (κ3) is 2.56. The number of hydrogen-bond donors (Lipinski definition) is 1. The minimum atomic E-state index is -0.871. The predicted octanol–water partition coefficient (Wildman–Crippen LogP) is 2.42. The summed E-state index contributed by atoms with van der Waals surface area (Å²) in [5.74, 6) is -0.805. The molecule has 18 heavy (non-hydrogen) atoms. The number of nitrogens with two attached hydrogens (primary N) is 1. The smallest absolute Gasteiger partial charge is 0.159 e. The van der Waals surface area contributed by atoms with Crippen molar-refractivity contribution in [1.29, 1.82) is 0 Å². The van der Waals surface area contributed by atoms with E-state index in [2.05, 4.69) is 4.98 Å². The van der Waals surface area contributed by atoms with Crippen LogP contribution in [0.5, 0.6) is 0 Å². The third-order valence-electron chi connectivity index (χ3n) is 2.88. The molecule has 0 fully saturated rings. The Balaban J connectivity index is 2.16. The molecule has 1 aromatic carbocycles. The van der Waals surface area contributed by atoms with Crippen molar-refractivity contribution < 1.29 is 8.78 Å². The maximum absolute atomic E-state index is 13.1. The van der Waals surface area contributed by atoms with Crippen LogP contribution in [0.3, 0.4) is 0 Å². The zero-order valence-corrected chi connectivity index (χ0v) is 10.1. The molecule has 1 aromatic heterocycles. The first-order chi connectivity index (χ1) is 8.61. The normalized spacial score (nSPS) is 12.7. The largest absolute Gasteiger partial charge is 0.333 e. The molecule has 2 N–H and O–H groups in total. The van der Waals surface area contributed by atoms with Gasteiger partial charge in [-0.2, -0.15) is 0 Å². The molecular formula is C13H15F2N3. The third-order valence-corrected chi connectivity index (χ3v) is 2.88. The highest BCUT2D eigenvalue weighted by atomic mass is 19.2. The number of aromatic nitrogens is 2. The van der Waals surface area contributed by atoms with Gasteiger partial charge in [0, 0.05) is 31.4 Å². The topological polar surface area (TPSA) is 43.8 Å². The van der Waals surface area contributed by atoms with Gasteiger partial charge in [0.05, 0.1) is 0 Å². The van der Waals surface area contributed by atoms with E-state index in [0.717, 1.165) is 24.4 Å². The number of benzene rings is 1. The molecule has 0 saturated heterocycles. The summed E-state index contributed by atoms with van der Waals surface area (Å²) in [5.41, 5.74) is 6.56. The summed E-state index contributed by atoms with van der Waals surface area (Å²) in [6.45, 7) is 2.50. The Labute approximate surface area is 104 Å². The maximum Gasteiger partial charge on any atom is 0.159 e. The fourth-order valence-corrected chi connectivity index (χ4v) is 1.88. The molecule has 0 spiro atoms. The Hall–Kier alpha value is -1.75. The first kappa shape index (κ1) is 12.7. The fraction of sp³-hybridized carbons (Fsp3) is 0.308. The van der Waals surface area contributed by atoms with Gasteiger partial charge >= 0.3 is 0 Å². The summed E-state index contributed by atoms with van der Waals surface area (Å²) in [7, 11) is 0. The quantitative estimate of drug-likeness (QED) is 0.907. The average molecular weight is 251 g/mol. The van der Waals surface area contributed by atoms with Crippen molar-refractivity contribution in [2.75, 3.05) is 0 Å². The van der Waals surface area contributed by atoms with Crippen molar-refractivity contribution in [3.8, 4) is 0 Å². The summed E-state index contributed by atoms with van der Waals surface area (Å²) >= 11 is 0. The maximum atomic E-state index is 13.1. The number of nitrogens with zero attached hydrogens (tertiary/aromatic N) is 2. The summed E-state index contributed by atoms with van der Waals surface area (Å²) in [5, 5.41) is 0. The van der Waals surface area contributed by atoms with E-state index in [9.17, 15) is 8.78 Å². The highest BCUT2D eigenvalue weighted by Crippen LogP contribution is 2.16. The van der Waals surface area contributed by atoms with E-state index in [0.29, 0.717) is 12.1 Å². The molecule has 0 aliphatic carbocycles. The van der Waals surface area contributed by atoms with Crippen LogP contribution in [-0.2, 0) is 13.0 Å². The van der Waals surface area contributed by atoms with Gasteiger partial charge in [0.1, 0.15) is 5.82 Å². The van der Waals surface area contributed by atoms with Crippen LogP contribution in [0.1, 0.15) is 24.4 Å². The molecule has 0 aliphatic rings. The number of halogens is 2. The van der Waals surface area contributed by atoms with Crippen LogP contribution >= 0.6 is 0 Å². The van der Waals surface area contributed by atoms with Crippen LogP contribution in [0.4, 0.5) is 8.78 Å². The molecule has 1 atom stereocenters. The lowest BCUT2D eigenvalue weighted by molar-refractivity contribution is 0.500. The molecule has 2 rings (SSSR count). The lowest BCUT2D eigenvalue weighted by Gasteiger charge is -2.14. The molecule has 96 valence electrons. The minimum Gasteiger partial charge on any atom is -0.333 e. The van der Waals surface area contributed by atoms with E-state index in [-0.39, 0.29) is 6.04 Å². The Morgan fingerprint density at radius 2 is 2.11 bits per heavy atom. The minimum absolute atomic E-state index is 0.389. The standard InChI is InChI=1S/C13H15F2N3/c1-2-13-17-5-6-18(13)8-12(16)9-3-4-10(14)11(15)7-9/h3-7,12H,2,8,16H2,1H3. The van der Waals surface area contributed by atoms with Crippen LogP contribution < -0.4 is 5.73 Å². The summed E-state index contributed by atoms with van der Waals surface area (Å²) in [6, 6.07) is 3.35. The zero-order valence-electron chi connectivity index (χ0n) is 10.1. The number of hydrogen-bond acceptors (Lipinski definition) is 2. The fourth-order valence-electron chi connectivity index (χ4n) is 1.88. The molecule has 0 radical (unpaired) electrons. The highest BCUT2D eigenvalue weighted by molar-refractivity contribution is 5.21. The zero-order chi connectivity index (χ0) is 13.1. The summed E-state index contributed by atoms with van der Waals surface area (Å²) < 4.78 is 27.9. The van der Waals surface area contributed by atoms with E-state index in [1.807, 2.05) is 17.7 Å². The van der Waals surface area contributed by atoms with Crippen molar-refractivity contribution >= 4 is 0 Å². The molecule has 0 bridgehead atoms. The van der Waals surface area contributed by atoms with Crippen molar-refractivity contribution in [2.45, 2.75) is 25.9 Å². The Morgan fingerprint density at radius 1 is 1.33 bits per heavy atom. The lowest BCUT2D eigenvalue weighted by Crippen LogP contribution is -2.19. The van der Waals surface area contributed by atoms with Gasteiger partial charge in [-0.15, -0.1) is 0 Å². The van der Waals surface area contributed by atoms with Gasteiger partial charge in [0.25, 0.3) is 0 Å². The SMILES string of the molecule is CCc1nccn1CC(N)c1ccc(F)c(F)c1. The van der Waals surface area contributed by atoms with Crippen LogP contribution in [0, 0.1) is 11.6 Å². The van der Waals surface area contributed by atoms with Gasteiger partial charge in [-0.25, -0.2) is 13.8 Å². The van der Waals surface area contributed by atoms with Crippen LogP contribution in [0.25, 0.3) is 0 Å². The molecule has 5 heteroatoms. The number of aryl methyl sites for hydroxylation is 1. The molecular weight excluding hydrogens is 236 g/mol. The lowest BCUT2D eigenvalue weighted by atomic mass is 10.1. The Kier molecular flexibility index (Phi) is 3.72. The van der Waals surface area contributed by atoms with Crippen molar-refractivity contribution in [2.24, 2.45) is 5.73 Å². The van der Waals surface area contributed by atoms with Crippen LogP contribution in [0.15, 0.2) is 30.6 Å². The summed E-state index contributed by atoms with van der Waals surface area (Å²) in [4.78, 5) is 4.19. The second-order valence-corrected chi connectivity index (χ2v) is 4.13. The first-order valence-electron chi connectivity index (χ1n) is 5.82. The van der Waals surface area contributed by atoms with E-state index in [1.54, 1.807) is 6.20 Å². The molecule has 0 aliphatic heterocycles. The van der Waals surface area contributed by atoms with Gasteiger partial charge < -0.3 is 10.3 Å². The number of imidazole rings is 1. The first-order valence-corrected chi connectivity index (χ1v) is 5.82. The van der Waals surface area contributed by atoms with E-state index in [4.69, 9.17) is 5.73 Å². The highest BCUT2D eigenvalue weighted by Gasteiger charge is 2.11. The van der Waals surface area contributed by atoms with Crippen molar-refractivity contribution in [3.05, 3.63) is 53.6 Å². The van der Waals surface area contributed by atoms with Gasteiger partial charge in [-0.3, -0.25) is 0 Å². The van der Waals surface area contributed by atoms with Gasteiger partial charge in [0.2, 0.25) is 0 Å². The second kappa shape index (κ2) is 5.27. The molecule has 1 heterocycles.